The second kappa shape index (κ2) is 10.0. The highest BCUT2D eigenvalue weighted by Crippen LogP contribution is 2.39. The molecule has 1 aromatic heterocycles. The highest BCUT2D eigenvalue weighted by atomic mass is 35.5. The summed E-state index contributed by atoms with van der Waals surface area (Å²) < 4.78 is 5.36. The van der Waals surface area contributed by atoms with Crippen molar-refractivity contribution in [2.45, 2.75) is 19.4 Å². The van der Waals surface area contributed by atoms with E-state index in [4.69, 9.17) is 40.2 Å². The summed E-state index contributed by atoms with van der Waals surface area (Å²) in [4.78, 5) is 5.81. The number of H-pyrrole nitrogens is 1. The quantitative estimate of drug-likeness (QED) is 0.298. The number of fused-ring (bicyclic) bond motifs is 3. The van der Waals surface area contributed by atoms with Gasteiger partial charge in [-0.1, -0.05) is 48.0 Å². The maximum atomic E-state index is 6.31. The van der Waals surface area contributed by atoms with Gasteiger partial charge in [-0.2, -0.15) is 0 Å². The fourth-order valence-electron chi connectivity index (χ4n) is 4.14. The van der Waals surface area contributed by atoms with Crippen LogP contribution in [0, 0.1) is 0 Å². The molecule has 0 spiro atoms. The Morgan fingerprint density at radius 2 is 2.00 bits per heavy atom. The minimum atomic E-state index is -0.0956. The maximum absolute atomic E-state index is 6.31. The van der Waals surface area contributed by atoms with Crippen molar-refractivity contribution in [2.75, 3.05) is 13.7 Å². The van der Waals surface area contributed by atoms with E-state index < -0.39 is 0 Å². The number of halogens is 2. The van der Waals surface area contributed by atoms with Crippen molar-refractivity contribution in [1.82, 2.24) is 15.2 Å². The Labute approximate surface area is 209 Å². The highest BCUT2D eigenvalue weighted by molar-refractivity contribution is 7.80. The van der Waals surface area contributed by atoms with Crippen LogP contribution in [0.4, 0.5) is 0 Å². The van der Waals surface area contributed by atoms with Gasteiger partial charge in [0.05, 0.1) is 13.2 Å². The molecule has 2 N–H and O–H groups in total. The van der Waals surface area contributed by atoms with Crippen molar-refractivity contribution < 1.29 is 4.74 Å². The van der Waals surface area contributed by atoms with E-state index in [0.29, 0.717) is 15.8 Å². The number of hydrogen-bond acceptors (Lipinski definition) is 2. The fraction of sp³-hybridized carbons (Fsp3) is 0.192. The molecule has 1 atom stereocenters. The molecule has 170 valence electrons. The highest BCUT2D eigenvalue weighted by Gasteiger charge is 2.33. The summed E-state index contributed by atoms with van der Waals surface area (Å²) in [6.45, 7) is 6.70. The number of aromatic amines is 1. The molecule has 3 aromatic rings. The first kappa shape index (κ1) is 23.4. The van der Waals surface area contributed by atoms with Gasteiger partial charge in [-0.3, -0.25) is 0 Å². The van der Waals surface area contributed by atoms with Crippen LogP contribution in [-0.4, -0.2) is 28.7 Å². The Hall–Kier alpha value is -2.73. The lowest BCUT2D eigenvalue weighted by Crippen LogP contribution is -2.45. The smallest absolute Gasteiger partial charge is 0.174 e. The molecule has 2 aromatic carbocycles. The molecule has 0 saturated carbocycles. The van der Waals surface area contributed by atoms with Crippen molar-refractivity contribution in [3.05, 3.63) is 99.8 Å². The Morgan fingerprint density at radius 1 is 1.24 bits per heavy atom. The second-order valence-corrected chi connectivity index (χ2v) is 9.05. The van der Waals surface area contributed by atoms with E-state index in [9.17, 15) is 0 Å². The zero-order chi connectivity index (χ0) is 23.5. The molecule has 7 heteroatoms. The van der Waals surface area contributed by atoms with Crippen molar-refractivity contribution in [3.63, 3.8) is 0 Å². The van der Waals surface area contributed by atoms with Gasteiger partial charge in [0.15, 0.2) is 5.11 Å². The van der Waals surface area contributed by atoms with Gasteiger partial charge in [0.1, 0.15) is 5.75 Å². The molecular formula is C26H25Cl2N3OS. The maximum Gasteiger partial charge on any atom is 0.174 e. The molecule has 0 amide bonds. The summed E-state index contributed by atoms with van der Waals surface area (Å²) in [6.07, 6.45) is 6.27. The number of nitrogens with one attached hydrogen (secondary N) is 2. The van der Waals surface area contributed by atoms with E-state index in [1.54, 1.807) is 13.2 Å². The molecule has 33 heavy (non-hydrogen) atoms. The first-order chi connectivity index (χ1) is 15.9. The van der Waals surface area contributed by atoms with Crippen LogP contribution in [0.2, 0.25) is 5.02 Å². The Balaban J connectivity index is 1.72. The van der Waals surface area contributed by atoms with Crippen molar-refractivity contribution >= 4 is 51.4 Å². The SMILES string of the molecule is C=C(/C=C\C(Cl)=C/C)NC(=S)N1CCc2c([nH]c3ccc(Cl)cc23)C1c1ccc(OC)cc1. The third kappa shape index (κ3) is 4.96. The lowest BCUT2D eigenvalue weighted by molar-refractivity contribution is 0.332. The summed E-state index contributed by atoms with van der Waals surface area (Å²) in [5.74, 6) is 0.810. The van der Waals surface area contributed by atoms with Crippen LogP contribution in [0.1, 0.15) is 29.8 Å². The largest absolute Gasteiger partial charge is 0.497 e. The molecule has 0 aliphatic carbocycles. The van der Waals surface area contributed by atoms with Crippen LogP contribution in [0.3, 0.4) is 0 Å². The minimum absolute atomic E-state index is 0.0956. The third-order valence-corrected chi connectivity index (χ3v) is 6.68. The number of thiocarbonyl (C=S) groups is 1. The number of allylic oxidation sites excluding steroid dienone is 4. The zero-order valence-electron chi connectivity index (χ0n) is 18.5. The fourth-order valence-corrected chi connectivity index (χ4v) is 4.70. The molecule has 2 heterocycles. The molecule has 1 unspecified atom stereocenters. The lowest BCUT2D eigenvalue weighted by atomic mass is 9.92. The van der Waals surface area contributed by atoms with Gasteiger partial charge in [-0.05, 0) is 79.2 Å². The molecule has 1 aliphatic heterocycles. The second-order valence-electron chi connectivity index (χ2n) is 7.79. The Bertz CT molecular complexity index is 1260. The Kier molecular flexibility index (Phi) is 7.13. The predicted molar refractivity (Wildman–Crippen MR) is 142 cm³/mol. The van der Waals surface area contributed by atoms with Gasteiger partial charge in [0.25, 0.3) is 0 Å². The molecule has 4 nitrogen and oxygen atoms in total. The number of methoxy groups -OCH3 is 1. The number of nitrogens with zero attached hydrogens (tertiary/aromatic N) is 1. The van der Waals surface area contributed by atoms with E-state index in [1.165, 1.54) is 5.56 Å². The van der Waals surface area contributed by atoms with Crippen molar-refractivity contribution in [1.29, 1.82) is 0 Å². The normalized spacial score (nSPS) is 16.2. The molecule has 4 rings (SSSR count). The number of ether oxygens (including phenoxy) is 1. The topological polar surface area (TPSA) is 40.3 Å². The zero-order valence-corrected chi connectivity index (χ0v) is 20.8. The van der Waals surface area contributed by atoms with E-state index in [2.05, 4.69) is 33.9 Å². The monoisotopic (exact) mass is 497 g/mol. The third-order valence-electron chi connectivity index (χ3n) is 5.77. The lowest BCUT2D eigenvalue weighted by Gasteiger charge is -2.38. The number of benzene rings is 2. The average Bonchev–Trinajstić information content (AvgIpc) is 3.19. The standard InChI is InChI=1S/C26H25Cl2N3OS/c1-4-18(27)8-5-16(2)29-26(33)31-14-13-21-22-15-19(28)9-12-23(22)30-24(21)25(31)17-6-10-20(32-3)11-7-17/h4-12,15,25,30H,2,13-14H2,1,3H3,(H,29,33)/b8-5-,18-4+. The predicted octanol–water partition coefficient (Wildman–Crippen LogP) is 6.86. The Morgan fingerprint density at radius 3 is 2.70 bits per heavy atom. The van der Waals surface area contributed by atoms with E-state index in [0.717, 1.165) is 45.9 Å². The first-order valence-electron chi connectivity index (χ1n) is 10.6. The number of rotatable bonds is 5. The van der Waals surface area contributed by atoms with E-state index in [-0.39, 0.29) is 6.04 Å². The van der Waals surface area contributed by atoms with Crippen LogP contribution in [0.25, 0.3) is 10.9 Å². The van der Waals surface area contributed by atoms with Gasteiger partial charge in [0.2, 0.25) is 0 Å². The van der Waals surface area contributed by atoms with Crippen LogP contribution in [0.15, 0.2) is 78.0 Å². The number of aromatic nitrogens is 1. The van der Waals surface area contributed by atoms with E-state index >= 15 is 0 Å². The van der Waals surface area contributed by atoms with Gasteiger partial charge >= 0.3 is 0 Å². The van der Waals surface area contributed by atoms with Gasteiger partial charge < -0.3 is 19.9 Å². The van der Waals surface area contributed by atoms with E-state index in [1.807, 2.05) is 49.4 Å². The average molecular weight is 498 g/mol. The molecule has 0 radical (unpaired) electrons. The summed E-state index contributed by atoms with van der Waals surface area (Å²) in [5.41, 5.74) is 5.23. The van der Waals surface area contributed by atoms with Crippen LogP contribution >= 0.6 is 35.4 Å². The molecular weight excluding hydrogens is 473 g/mol. The summed E-state index contributed by atoms with van der Waals surface area (Å²) in [7, 11) is 1.67. The summed E-state index contributed by atoms with van der Waals surface area (Å²) in [6, 6.07) is 14.0. The van der Waals surface area contributed by atoms with Crippen molar-refractivity contribution in [3.8, 4) is 5.75 Å². The molecule has 0 saturated heterocycles. The van der Waals surface area contributed by atoms with Crippen LogP contribution in [-0.2, 0) is 6.42 Å². The van der Waals surface area contributed by atoms with Crippen LogP contribution in [0.5, 0.6) is 5.75 Å². The van der Waals surface area contributed by atoms with Gasteiger partial charge in [0, 0.05) is 38.9 Å². The van der Waals surface area contributed by atoms with Gasteiger partial charge in [-0.15, -0.1) is 0 Å². The molecule has 1 aliphatic rings. The number of hydrogen-bond donors (Lipinski definition) is 2. The minimum Gasteiger partial charge on any atom is -0.497 e. The molecule has 0 fully saturated rings. The van der Waals surface area contributed by atoms with Crippen molar-refractivity contribution in [2.24, 2.45) is 0 Å². The summed E-state index contributed by atoms with van der Waals surface area (Å²) >= 11 is 18.2. The van der Waals surface area contributed by atoms with Gasteiger partial charge in [-0.25, -0.2) is 0 Å². The first-order valence-corrected chi connectivity index (χ1v) is 11.8. The molecule has 0 bridgehead atoms. The summed E-state index contributed by atoms with van der Waals surface area (Å²) in [5, 5.41) is 6.38. The van der Waals surface area contributed by atoms with Crippen LogP contribution < -0.4 is 10.1 Å².